The third-order valence-electron chi connectivity index (χ3n) is 4.86. The number of aryl methyl sites for hydroxylation is 1. The zero-order valence-corrected chi connectivity index (χ0v) is 19.1. The molecule has 3 aromatic carbocycles. The highest BCUT2D eigenvalue weighted by atomic mass is 16.5. The summed E-state index contributed by atoms with van der Waals surface area (Å²) in [6.45, 7) is 10.4. The maximum absolute atomic E-state index is 12.7. The average molecular weight is 433 g/mol. The summed E-state index contributed by atoms with van der Waals surface area (Å²) in [5.41, 5.74) is 2.36. The van der Waals surface area contributed by atoms with Crippen LogP contribution in [0.15, 0.2) is 66.7 Å². The van der Waals surface area contributed by atoms with Gasteiger partial charge < -0.3 is 14.2 Å². The van der Waals surface area contributed by atoms with Crippen LogP contribution in [0, 0.1) is 6.92 Å². The summed E-state index contributed by atoms with van der Waals surface area (Å²) in [5.74, 6) is 0.596. The standard InChI is InChI=1S/C27H28O5/c1-6-30-21-13-11-20(12-14-21)26(29)32-24-16-15-22(17-23(24)27(3,4)5)31-25(28)19-9-7-18(2)8-10-19/h7-17H,6H2,1-5H3. The fourth-order valence-corrected chi connectivity index (χ4v) is 3.12. The van der Waals surface area contributed by atoms with Gasteiger partial charge in [-0.1, -0.05) is 38.5 Å². The number of hydrogen-bond acceptors (Lipinski definition) is 5. The van der Waals surface area contributed by atoms with Crippen LogP contribution in [0.4, 0.5) is 0 Å². The minimum Gasteiger partial charge on any atom is -0.494 e. The Balaban J connectivity index is 1.81. The van der Waals surface area contributed by atoms with E-state index in [1.54, 1.807) is 54.6 Å². The molecule has 3 aromatic rings. The van der Waals surface area contributed by atoms with E-state index in [1.807, 2.05) is 46.8 Å². The van der Waals surface area contributed by atoms with Gasteiger partial charge in [0.05, 0.1) is 17.7 Å². The first-order valence-electron chi connectivity index (χ1n) is 10.6. The largest absolute Gasteiger partial charge is 0.494 e. The van der Waals surface area contributed by atoms with E-state index in [1.165, 1.54) is 0 Å². The molecule has 32 heavy (non-hydrogen) atoms. The molecule has 0 aliphatic rings. The minimum absolute atomic E-state index is 0.347. The molecule has 5 heteroatoms. The topological polar surface area (TPSA) is 61.8 Å². The fourth-order valence-electron chi connectivity index (χ4n) is 3.12. The molecule has 0 unspecified atom stereocenters. The normalized spacial score (nSPS) is 11.0. The molecule has 0 N–H and O–H groups in total. The van der Waals surface area contributed by atoms with Gasteiger partial charge >= 0.3 is 11.9 Å². The van der Waals surface area contributed by atoms with Gasteiger partial charge in [0.15, 0.2) is 0 Å². The van der Waals surface area contributed by atoms with E-state index in [4.69, 9.17) is 14.2 Å². The number of ether oxygens (including phenoxy) is 3. The Kier molecular flexibility index (Phi) is 6.98. The van der Waals surface area contributed by atoms with Crippen LogP contribution in [-0.4, -0.2) is 18.5 Å². The Morgan fingerprint density at radius 3 is 1.84 bits per heavy atom. The molecule has 0 fully saturated rings. The van der Waals surface area contributed by atoms with Crippen LogP contribution in [0.1, 0.15) is 59.5 Å². The van der Waals surface area contributed by atoms with Crippen molar-refractivity contribution >= 4 is 11.9 Å². The van der Waals surface area contributed by atoms with Crippen LogP contribution >= 0.6 is 0 Å². The molecule has 0 aliphatic carbocycles. The third kappa shape index (κ3) is 5.76. The number of carbonyl (C=O) groups is 2. The Hall–Kier alpha value is -3.60. The first kappa shape index (κ1) is 23.1. The summed E-state index contributed by atoms with van der Waals surface area (Å²) in [6, 6.07) is 19.0. The zero-order chi connectivity index (χ0) is 23.3. The van der Waals surface area contributed by atoms with E-state index in [0.29, 0.717) is 35.0 Å². The van der Waals surface area contributed by atoms with Crippen molar-refractivity contribution in [3.63, 3.8) is 0 Å². The molecule has 166 valence electrons. The molecule has 0 saturated heterocycles. The van der Waals surface area contributed by atoms with Crippen molar-refractivity contribution in [3.05, 3.63) is 89.0 Å². The summed E-state index contributed by atoms with van der Waals surface area (Å²) < 4.78 is 16.7. The number of hydrogen-bond donors (Lipinski definition) is 0. The van der Waals surface area contributed by atoms with Crippen LogP contribution in [0.5, 0.6) is 17.2 Å². The lowest BCUT2D eigenvalue weighted by Crippen LogP contribution is -2.17. The molecular weight excluding hydrogens is 404 g/mol. The van der Waals surface area contributed by atoms with Crippen LogP contribution in [-0.2, 0) is 5.41 Å². The zero-order valence-electron chi connectivity index (χ0n) is 19.1. The summed E-state index contributed by atoms with van der Waals surface area (Å²) in [6.07, 6.45) is 0. The lowest BCUT2D eigenvalue weighted by molar-refractivity contribution is 0.0716. The van der Waals surface area contributed by atoms with Gasteiger partial charge in [0, 0.05) is 5.56 Å². The van der Waals surface area contributed by atoms with Crippen molar-refractivity contribution in [1.29, 1.82) is 0 Å². The van der Waals surface area contributed by atoms with Crippen molar-refractivity contribution < 1.29 is 23.8 Å². The van der Waals surface area contributed by atoms with E-state index in [0.717, 1.165) is 11.1 Å². The predicted molar refractivity (Wildman–Crippen MR) is 124 cm³/mol. The quantitative estimate of drug-likeness (QED) is 0.346. The van der Waals surface area contributed by atoms with Gasteiger partial charge in [-0.2, -0.15) is 0 Å². The number of carbonyl (C=O) groups excluding carboxylic acids is 2. The van der Waals surface area contributed by atoms with Crippen molar-refractivity contribution in [2.75, 3.05) is 6.61 Å². The number of esters is 2. The Bertz CT molecular complexity index is 1090. The van der Waals surface area contributed by atoms with Gasteiger partial charge in [-0.3, -0.25) is 0 Å². The summed E-state index contributed by atoms with van der Waals surface area (Å²) in [7, 11) is 0. The average Bonchev–Trinajstić information content (AvgIpc) is 2.75. The second-order valence-electron chi connectivity index (χ2n) is 8.51. The van der Waals surface area contributed by atoms with E-state index < -0.39 is 11.9 Å². The lowest BCUT2D eigenvalue weighted by atomic mass is 9.86. The fraction of sp³-hybridized carbons (Fsp3) is 0.259. The maximum atomic E-state index is 12.7. The summed E-state index contributed by atoms with van der Waals surface area (Å²) in [4.78, 5) is 25.2. The molecule has 0 saturated carbocycles. The molecule has 0 heterocycles. The van der Waals surface area contributed by atoms with Gasteiger partial charge in [0.1, 0.15) is 17.2 Å². The molecule has 0 radical (unpaired) electrons. The Labute approximate surface area is 188 Å². The molecular formula is C27H28O5. The number of benzene rings is 3. The highest BCUT2D eigenvalue weighted by Crippen LogP contribution is 2.35. The van der Waals surface area contributed by atoms with E-state index in [-0.39, 0.29) is 5.41 Å². The number of rotatable bonds is 6. The summed E-state index contributed by atoms with van der Waals surface area (Å²) in [5, 5.41) is 0. The second kappa shape index (κ2) is 9.69. The smallest absolute Gasteiger partial charge is 0.343 e. The Morgan fingerprint density at radius 1 is 0.750 bits per heavy atom. The minimum atomic E-state index is -0.469. The van der Waals surface area contributed by atoms with Crippen molar-refractivity contribution in [3.8, 4) is 17.2 Å². The lowest BCUT2D eigenvalue weighted by Gasteiger charge is -2.23. The van der Waals surface area contributed by atoms with E-state index >= 15 is 0 Å². The van der Waals surface area contributed by atoms with Gasteiger partial charge in [-0.05, 0) is 73.9 Å². The highest BCUT2D eigenvalue weighted by Gasteiger charge is 2.23. The Morgan fingerprint density at radius 2 is 1.28 bits per heavy atom. The van der Waals surface area contributed by atoms with E-state index in [9.17, 15) is 9.59 Å². The predicted octanol–water partition coefficient (Wildman–Crippen LogP) is 6.13. The molecule has 0 aromatic heterocycles. The highest BCUT2D eigenvalue weighted by molar-refractivity contribution is 5.92. The van der Waals surface area contributed by atoms with Gasteiger partial charge in [-0.15, -0.1) is 0 Å². The van der Waals surface area contributed by atoms with Gasteiger partial charge in [-0.25, -0.2) is 9.59 Å². The molecule has 5 nitrogen and oxygen atoms in total. The second-order valence-corrected chi connectivity index (χ2v) is 8.51. The molecule has 0 atom stereocenters. The molecule has 0 spiro atoms. The molecule has 0 bridgehead atoms. The maximum Gasteiger partial charge on any atom is 0.343 e. The van der Waals surface area contributed by atoms with Crippen molar-refractivity contribution in [1.82, 2.24) is 0 Å². The van der Waals surface area contributed by atoms with Gasteiger partial charge in [0.25, 0.3) is 0 Å². The first-order valence-corrected chi connectivity index (χ1v) is 10.6. The van der Waals surface area contributed by atoms with Crippen LogP contribution in [0.3, 0.4) is 0 Å². The van der Waals surface area contributed by atoms with E-state index in [2.05, 4.69) is 0 Å². The molecule has 0 amide bonds. The van der Waals surface area contributed by atoms with Crippen LogP contribution in [0.25, 0.3) is 0 Å². The van der Waals surface area contributed by atoms with Crippen molar-refractivity contribution in [2.24, 2.45) is 0 Å². The van der Waals surface area contributed by atoms with Crippen molar-refractivity contribution in [2.45, 2.75) is 40.0 Å². The van der Waals surface area contributed by atoms with Crippen LogP contribution in [0.2, 0.25) is 0 Å². The molecule has 3 rings (SSSR count). The third-order valence-corrected chi connectivity index (χ3v) is 4.86. The SMILES string of the molecule is CCOc1ccc(C(=O)Oc2ccc(OC(=O)c3ccc(C)cc3)cc2C(C)(C)C)cc1. The monoisotopic (exact) mass is 432 g/mol. The van der Waals surface area contributed by atoms with Gasteiger partial charge in [0.2, 0.25) is 0 Å². The summed E-state index contributed by atoms with van der Waals surface area (Å²) >= 11 is 0. The van der Waals surface area contributed by atoms with Crippen LogP contribution < -0.4 is 14.2 Å². The first-order chi connectivity index (χ1) is 15.2. The molecule has 0 aliphatic heterocycles.